The van der Waals surface area contributed by atoms with Gasteiger partial charge in [-0.15, -0.1) is 0 Å². The molecule has 2 N–H and O–H groups in total. The molecule has 2 aromatic rings. The summed E-state index contributed by atoms with van der Waals surface area (Å²) in [5.74, 6) is -1.62. The maximum absolute atomic E-state index is 12.7. The number of nitrogens with one attached hydrogen (secondary N) is 1. The van der Waals surface area contributed by atoms with Crippen molar-refractivity contribution in [2.24, 2.45) is 0 Å². The molecule has 0 aliphatic carbocycles. The van der Waals surface area contributed by atoms with E-state index in [1.54, 1.807) is 18.2 Å². The van der Waals surface area contributed by atoms with Crippen molar-refractivity contribution in [1.29, 1.82) is 0 Å². The van der Waals surface area contributed by atoms with Gasteiger partial charge in [0.05, 0.1) is 10.5 Å². The number of carboxylic acids is 1. The monoisotopic (exact) mass is 440 g/mol. The van der Waals surface area contributed by atoms with Crippen LogP contribution in [0.5, 0.6) is 0 Å². The molecule has 154 valence electrons. The molecule has 6 nitrogen and oxygen atoms in total. The van der Waals surface area contributed by atoms with E-state index in [2.05, 4.69) is 12.2 Å². The molecule has 0 atom stereocenters. The smallest absolute Gasteiger partial charge is 0.335 e. The first-order valence-corrected chi connectivity index (χ1v) is 10.6. The van der Waals surface area contributed by atoms with Gasteiger partial charge in [0.15, 0.2) is 0 Å². The van der Waals surface area contributed by atoms with Crippen molar-refractivity contribution in [3.63, 3.8) is 0 Å². The van der Waals surface area contributed by atoms with Gasteiger partial charge in [0, 0.05) is 18.7 Å². The highest BCUT2D eigenvalue weighted by atomic mass is 32.2. The van der Waals surface area contributed by atoms with Gasteiger partial charge in [0.1, 0.15) is 4.32 Å². The molecule has 1 saturated heterocycles. The maximum atomic E-state index is 12.7. The highest BCUT2D eigenvalue weighted by molar-refractivity contribution is 8.26. The van der Waals surface area contributed by atoms with Crippen LogP contribution < -0.4 is 5.32 Å². The molecular weight excluding hydrogens is 420 g/mol. The molecule has 1 heterocycles. The number of aromatic carboxylic acids is 1. The molecule has 1 aliphatic heterocycles. The van der Waals surface area contributed by atoms with Crippen LogP contribution in [0.15, 0.2) is 53.4 Å². The zero-order valence-electron chi connectivity index (χ0n) is 16.3. The van der Waals surface area contributed by atoms with Crippen LogP contribution in [0.4, 0.5) is 5.69 Å². The van der Waals surface area contributed by atoms with E-state index in [4.69, 9.17) is 17.3 Å². The Morgan fingerprint density at radius 1 is 1.20 bits per heavy atom. The van der Waals surface area contributed by atoms with Gasteiger partial charge in [0.2, 0.25) is 5.91 Å². The van der Waals surface area contributed by atoms with Crippen LogP contribution in [0.1, 0.15) is 34.8 Å². The summed E-state index contributed by atoms with van der Waals surface area (Å²) in [6.07, 6.45) is 2.80. The second-order valence-electron chi connectivity index (χ2n) is 6.61. The minimum Gasteiger partial charge on any atom is -0.478 e. The van der Waals surface area contributed by atoms with Crippen molar-refractivity contribution >= 4 is 57.8 Å². The van der Waals surface area contributed by atoms with Crippen LogP contribution in [0.3, 0.4) is 0 Å². The quantitative estimate of drug-likeness (QED) is 0.496. The first-order chi connectivity index (χ1) is 14.4. The minimum atomic E-state index is -1.07. The molecule has 0 saturated carbocycles. The standard InChI is InChI=1S/C22H20N2O4S2/c1-2-14-6-8-15(9-7-14)12-18-20(26)24(22(29)30-18)11-10-19(25)23-17-5-3-4-16(13-17)21(27)28/h3-9,12-13H,2,10-11H2,1H3,(H,23,25)(H,27,28). The van der Waals surface area contributed by atoms with E-state index in [1.165, 1.54) is 34.4 Å². The fourth-order valence-electron chi connectivity index (χ4n) is 2.86. The second kappa shape index (κ2) is 9.69. The van der Waals surface area contributed by atoms with Crippen LogP contribution in [0.25, 0.3) is 6.08 Å². The lowest BCUT2D eigenvalue weighted by Crippen LogP contribution is -2.31. The van der Waals surface area contributed by atoms with Crippen LogP contribution >= 0.6 is 24.0 Å². The van der Waals surface area contributed by atoms with Crippen LogP contribution in [0, 0.1) is 0 Å². The Morgan fingerprint density at radius 3 is 2.60 bits per heavy atom. The molecule has 1 aliphatic rings. The average molecular weight is 441 g/mol. The fraction of sp³-hybridized carbons (Fsp3) is 0.182. The van der Waals surface area contributed by atoms with E-state index < -0.39 is 5.97 Å². The molecule has 8 heteroatoms. The largest absolute Gasteiger partial charge is 0.478 e. The predicted octanol–water partition coefficient (Wildman–Crippen LogP) is 4.18. The molecule has 30 heavy (non-hydrogen) atoms. The molecule has 1 fully saturated rings. The topological polar surface area (TPSA) is 86.7 Å². The molecule has 0 radical (unpaired) electrons. The number of aryl methyl sites for hydroxylation is 1. The number of thiocarbonyl (C=S) groups is 1. The van der Waals surface area contributed by atoms with E-state index in [0.717, 1.165) is 12.0 Å². The summed E-state index contributed by atoms with van der Waals surface area (Å²) in [4.78, 5) is 37.9. The first kappa shape index (κ1) is 21.7. The summed E-state index contributed by atoms with van der Waals surface area (Å²) in [7, 11) is 0. The Kier molecular flexibility index (Phi) is 7.02. The lowest BCUT2D eigenvalue weighted by Gasteiger charge is -2.14. The molecule has 0 spiro atoms. The number of rotatable bonds is 7. The second-order valence-corrected chi connectivity index (χ2v) is 8.29. The van der Waals surface area contributed by atoms with E-state index >= 15 is 0 Å². The summed E-state index contributed by atoms with van der Waals surface area (Å²) in [5, 5.41) is 11.7. The number of carbonyl (C=O) groups excluding carboxylic acids is 2. The minimum absolute atomic E-state index is 0.0439. The van der Waals surface area contributed by atoms with E-state index in [9.17, 15) is 14.4 Å². The van der Waals surface area contributed by atoms with Crippen molar-refractivity contribution in [1.82, 2.24) is 4.90 Å². The maximum Gasteiger partial charge on any atom is 0.335 e. The SMILES string of the molecule is CCc1ccc(C=C2SC(=S)N(CCC(=O)Nc3cccc(C(=O)O)c3)C2=O)cc1. The number of amides is 2. The summed E-state index contributed by atoms with van der Waals surface area (Å²) < 4.78 is 0.414. The van der Waals surface area contributed by atoms with Gasteiger partial charge in [-0.2, -0.15) is 0 Å². The van der Waals surface area contributed by atoms with Gasteiger partial charge in [0.25, 0.3) is 5.91 Å². The number of carbonyl (C=O) groups is 3. The summed E-state index contributed by atoms with van der Waals surface area (Å²) in [6, 6.07) is 14.0. The molecule has 3 rings (SSSR count). The van der Waals surface area contributed by atoms with Crippen molar-refractivity contribution < 1.29 is 19.5 Å². The lowest BCUT2D eigenvalue weighted by atomic mass is 10.1. The lowest BCUT2D eigenvalue weighted by molar-refractivity contribution is -0.122. The van der Waals surface area contributed by atoms with Gasteiger partial charge in [-0.1, -0.05) is 61.2 Å². The Bertz CT molecular complexity index is 1030. The van der Waals surface area contributed by atoms with Crippen LogP contribution in [-0.2, 0) is 16.0 Å². The van der Waals surface area contributed by atoms with Gasteiger partial charge >= 0.3 is 5.97 Å². The molecular formula is C22H20N2O4S2. The summed E-state index contributed by atoms with van der Waals surface area (Å²) in [5.41, 5.74) is 2.62. The van der Waals surface area contributed by atoms with E-state index in [-0.39, 0.29) is 30.3 Å². The van der Waals surface area contributed by atoms with Gasteiger partial charge < -0.3 is 10.4 Å². The zero-order chi connectivity index (χ0) is 21.7. The number of thioether (sulfide) groups is 1. The Balaban J connectivity index is 1.60. The van der Waals surface area contributed by atoms with Gasteiger partial charge in [-0.25, -0.2) is 4.79 Å². The number of hydrogen-bond acceptors (Lipinski definition) is 5. The Hall–Kier alpha value is -2.97. The highest BCUT2D eigenvalue weighted by Gasteiger charge is 2.32. The van der Waals surface area contributed by atoms with Crippen LogP contribution in [0.2, 0.25) is 0 Å². The summed E-state index contributed by atoms with van der Waals surface area (Å²) >= 11 is 6.53. The Morgan fingerprint density at radius 2 is 1.93 bits per heavy atom. The predicted molar refractivity (Wildman–Crippen MR) is 122 cm³/mol. The third kappa shape index (κ3) is 5.34. The summed E-state index contributed by atoms with van der Waals surface area (Å²) in [6.45, 7) is 2.24. The van der Waals surface area contributed by atoms with Gasteiger partial charge in [-0.05, 0) is 41.8 Å². The number of benzene rings is 2. The average Bonchev–Trinajstić information content (AvgIpc) is 2.99. The van der Waals surface area contributed by atoms with E-state index in [1.807, 2.05) is 24.3 Å². The Labute approximate surface area is 184 Å². The van der Waals surface area contributed by atoms with Crippen LogP contribution in [-0.4, -0.2) is 38.7 Å². The number of hydrogen-bond donors (Lipinski definition) is 2. The normalized spacial score (nSPS) is 15.0. The first-order valence-electron chi connectivity index (χ1n) is 9.35. The van der Waals surface area contributed by atoms with Crippen molar-refractivity contribution in [3.8, 4) is 0 Å². The van der Waals surface area contributed by atoms with Crippen molar-refractivity contribution in [2.45, 2.75) is 19.8 Å². The highest BCUT2D eigenvalue weighted by Crippen LogP contribution is 2.32. The number of carboxylic acid groups (broad SMARTS) is 1. The zero-order valence-corrected chi connectivity index (χ0v) is 17.9. The number of nitrogens with zero attached hydrogens (tertiary/aromatic N) is 1. The third-order valence-corrected chi connectivity index (χ3v) is 5.89. The van der Waals surface area contributed by atoms with Crippen molar-refractivity contribution in [3.05, 3.63) is 70.1 Å². The molecule has 2 amide bonds. The molecule has 0 aromatic heterocycles. The molecule has 0 unspecified atom stereocenters. The fourth-order valence-corrected chi connectivity index (χ4v) is 4.17. The van der Waals surface area contributed by atoms with Gasteiger partial charge in [-0.3, -0.25) is 14.5 Å². The van der Waals surface area contributed by atoms with Crippen molar-refractivity contribution in [2.75, 3.05) is 11.9 Å². The molecule has 0 bridgehead atoms. The van der Waals surface area contributed by atoms with E-state index in [0.29, 0.717) is 14.9 Å². The number of anilines is 1. The third-order valence-electron chi connectivity index (χ3n) is 4.52. The molecule has 2 aromatic carbocycles.